The normalized spacial score (nSPS) is 21.0. The minimum absolute atomic E-state index is 0.548. The number of guanidine groups is 1. The Kier molecular flexibility index (Phi) is 11.1. The Morgan fingerprint density at radius 3 is 2.44 bits per heavy atom. The van der Waals surface area contributed by atoms with Gasteiger partial charge >= 0.3 is 0 Å². The molecular weight excluding hydrogens is 336 g/mol. The second-order valence-electron chi connectivity index (χ2n) is 8.80. The summed E-state index contributed by atoms with van der Waals surface area (Å²) in [7, 11) is 1.88. The molecule has 2 N–H and O–H groups in total. The van der Waals surface area contributed by atoms with E-state index in [9.17, 15) is 0 Å². The fraction of sp³-hybridized carbons (Fsp3) is 0.955. The molecule has 0 radical (unpaired) electrons. The maximum Gasteiger partial charge on any atom is 0.191 e. The average Bonchev–Trinajstić information content (AvgIpc) is 2.68. The van der Waals surface area contributed by atoms with Crippen molar-refractivity contribution < 1.29 is 4.74 Å². The SMILES string of the molecule is CN=C(NCCCCCOC1CCCCC1)NC1CCN(CC(C)C)CC1. The maximum atomic E-state index is 6.00. The van der Waals surface area contributed by atoms with Gasteiger partial charge in [-0.15, -0.1) is 0 Å². The minimum Gasteiger partial charge on any atom is -0.378 e. The highest BCUT2D eigenvalue weighted by Gasteiger charge is 2.20. The van der Waals surface area contributed by atoms with Crippen LogP contribution in [-0.2, 0) is 4.74 Å². The van der Waals surface area contributed by atoms with Crippen molar-refractivity contribution in [2.24, 2.45) is 10.9 Å². The predicted octanol–water partition coefficient (Wildman–Crippen LogP) is 3.79. The molecule has 158 valence electrons. The third-order valence-corrected chi connectivity index (χ3v) is 5.79. The molecule has 0 aromatic heterocycles. The van der Waals surface area contributed by atoms with Crippen molar-refractivity contribution in [3.63, 3.8) is 0 Å². The van der Waals surface area contributed by atoms with Crippen molar-refractivity contribution in [3.05, 3.63) is 0 Å². The molecule has 0 aromatic carbocycles. The van der Waals surface area contributed by atoms with Gasteiger partial charge in [-0.05, 0) is 50.9 Å². The molecule has 1 aliphatic heterocycles. The second-order valence-corrected chi connectivity index (χ2v) is 8.80. The summed E-state index contributed by atoms with van der Waals surface area (Å²) >= 11 is 0. The summed E-state index contributed by atoms with van der Waals surface area (Å²) in [4.78, 5) is 6.99. The van der Waals surface area contributed by atoms with Gasteiger partial charge in [-0.25, -0.2) is 0 Å². The zero-order valence-electron chi connectivity index (χ0n) is 18.1. The van der Waals surface area contributed by atoms with Crippen LogP contribution in [0.25, 0.3) is 0 Å². The molecule has 0 atom stereocenters. The number of ether oxygens (including phenoxy) is 1. The molecule has 0 bridgehead atoms. The topological polar surface area (TPSA) is 48.9 Å². The summed E-state index contributed by atoms with van der Waals surface area (Å²) < 4.78 is 6.00. The van der Waals surface area contributed by atoms with Crippen LogP contribution in [0.15, 0.2) is 4.99 Å². The quantitative estimate of drug-likeness (QED) is 0.344. The van der Waals surface area contributed by atoms with Gasteiger partial charge in [0.25, 0.3) is 0 Å². The van der Waals surface area contributed by atoms with E-state index in [4.69, 9.17) is 4.74 Å². The molecule has 2 rings (SSSR count). The van der Waals surface area contributed by atoms with Crippen molar-refractivity contribution in [3.8, 4) is 0 Å². The Labute approximate surface area is 167 Å². The molecule has 5 heteroatoms. The highest BCUT2D eigenvalue weighted by molar-refractivity contribution is 5.79. The Hall–Kier alpha value is -0.810. The number of likely N-dealkylation sites (tertiary alicyclic amines) is 1. The van der Waals surface area contributed by atoms with E-state index in [0.717, 1.165) is 25.0 Å². The largest absolute Gasteiger partial charge is 0.378 e. The molecule has 2 aliphatic rings. The van der Waals surface area contributed by atoms with Crippen LogP contribution in [0.3, 0.4) is 0 Å². The van der Waals surface area contributed by atoms with Gasteiger partial charge in [-0.2, -0.15) is 0 Å². The lowest BCUT2D eigenvalue weighted by Crippen LogP contribution is -2.49. The molecule has 0 spiro atoms. The number of piperidine rings is 1. The lowest BCUT2D eigenvalue weighted by molar-refractivity contribution is 0.0264. The van der Waals surface area contributed by atoms with Crippen molar-refractivity contribution in [2.75, 3.05) is 39.8 Å². The molecule has 5 nitrogen and oxygen atoms in total. The van der Waals surface area contributed by atoms with E-state index in [-0.39, 0.29) is 0 Å². The lowest BCUT2D eigenvalue weighted by atomic mass is 9.98. The average molecular weight is 381 g/mol. The van der Waals surface area contributed by atoms with Gasteiger partial charge < -0.3 is 20.3 Å². The third-order valence-electron chi connectivity index (χ3n) is 5.79. The summed E-state index contributed by atoms with van der Waals surface area (Å²) in [5.74, 6) is 1.73. The summed E-state index contributed by atoms with van der Waals surface area (Å²) in [5.41, 5.74) is 0. The van der Waals surface area contributed by atoms with Gasteiger partial charge in [-0.3, -0.25) is 4.99 Å². The maximum absolute atomic E-state index is 6.00. The molecule has 1 aliphatic carbocycles. The highest BCUT2D eigenvalue weighted by atomic mass is 16.5. The zero-order chi connectivity index (χ0) is 19.3. The fourth-order valence-electron chi connectivity index (χ4n) is 4.26. The molecule has 1 heterocycles. The summed E-state index contributed by atoms with van der Waals surface area (Å²) in [5, 5.41) is 7.10. The number of nitrogens with one attached hydrogen (secondary N) is 2. The molecule has 1 saturated carbocycles. The Morgan fingerprint density at radius 1 is 1.04 bits per heavy atom. The summed E-state index contributed by atoms with van der Waals surface area (Å²) in [6.07, 6.45) is 13.2. The molecule has 2 fully saturated rings. The molecule has 0 amide bonds. The number of nitrogens with zero attached hydrogens (tertiary/aromatic N) is 2. The number of rotatable bonds is 10. The van der Waals surface area contributed by atoms with Gasteiger partial charge in [-0.1, -0.05) is 33.1 Å². The fourth-order valence-corrected chi connectivity index (χ4v) is 4.26. The van der Waals surface area contributed by atoms with Gasteiger partial charge in [0.1, 0.15) is 0 Å². The van der Waals surface area contributed by atoms with Crippen LogP contribution < -0.4 is 10.6 Å². The van der Waals surface area contributed by atoms with Crippen molar-refractivity contribution >= 4 is 5.96 Å². The van der Waals surface area contributed by atoms with Crippen LogP contribution in [0.1, 0.15) is 78.1 Å². The van der Waals surface area contributed by atoms with E-state index in [1.54, 1.807) is 0 Å². The Morgan fingerprint density at radius 2 is 1.78 bits per heavy atom. The first-order chi connectivity index (χ1) is 13.2. The number of hydrogen-bond acceptors (Lipinski definition) is 3. The van der Waals surface area contributed by atoms with E-state index in [1.807, 2.05) is 7.05 Å². The Bertz CT molecular complexity index is 399. The smallest absolute Gasteiger partial charge is 0.191 e. The molecule has 27 heavy (non-hydrogen) atoms. The van der Waals surface area contributed by atoms with E-state index >= 15 is 0 Å². The van der Waals surface area contributed by atoms with E-state index in [2.05, 4.69) is 34.4 Å². The molecule has 1 saturated heterocycles. The van der Waals surface area contributed by atoms with Crippen LogP contribution in [-0.4, -0.2) is 62.8 Å². The van der Waals surface area contributed by atoms with Crippen LogP contribution in [0.4, 0.5) is 0 Å². The number of aliphatic imine (C=N–C) groups is 1. The van der Waals surface area contributed by atoms with Crippen molar-refractivity contribution in [2.45, 2.75) is 90.2 Å². The monoisotopic (exact) mass is 380 g/mol. The standard InChI is InChI=1S/C22H44N4O/c1-19(2)18-26-15-12-20(13-16-26)25-22(23-3)24-14-8-5-9-17-27-21-10-6-4-7-11-21/h19-21H,4-18H2,1-3H3,(H2,23,24,25). The van der Waals surface area contributed by atoms with Crippen LogP contribution in [0, 0.1) is 5.92 Å². The molecular formula is C22H44N4O. The van der Waals surface area contributed by atoms with Crippen LogP contribution in [0.5, 0.6) is 0 Å². The van der Waals surface area contributed by atoms with E-state index < -0.39 is 0 Å². The van der Waals surface area contributed by atoms with Gasteiger partial charge in [0.2, 0.25) is 0 Å². The minimum atomic E-state index is 0.548. The van der Waals surface area contributed by atoms with E-state index in [1.165, 1.54) is 83.8 Å². The number of unbranched alkanes of at least 4 members (excludes halogenated alkanes) is 2. The van der Waals surface area contributed by atoms with Gasteiger partial charge in [0, 0.05) is 45.9 Å². The lowest BCUT2D eigenvalue weighted by Gasteiger charge is -2.34. The zero-order valence-corrected chi connectivity index (χ0v) is 18.1. The first kappa shape index (κ1) is 22.5. The first-order valence-electron chi connectivity index (χ1n) is 11.5. The predicted molar refractivity (Wildman–Crippen MR) is 115 cm³/mol. The van der Waals surface area contributed by atoms with Gasteiger partial charge in [0.15, 0.2) is 5.96 Å². The number of hydrogen-bond donors (Lipinski definition) is 2. The third kappa shape index (κ3) is 9.79. The first-order valence-corrected chi connectivity index (χ1v) is 11.5. The van der Waals surface area contributed by atoms with Crippen molar-refractivity contribution in [1.29, 1.82) is 0 Å². The van der Waals surface area contributed by atoms with Crippen molar-refractivity contribution in [1.82, 2.24) is 15.5 Å². The Balaban J connectivity index is 1.47. The second kappa shape index (κ2) is 13.4. The highest BCUT2D eigenvalue weighted by Crippen LogP contribution is 2.20. The molecule has 0 unspecified atom stereocenters. The van der Waals surface area contributed by atoms with Crippen LogP contribution in [0.2, 0.25) is 0 Å². The summed E-state index contributed by atoms with van der Waals surface area (Å²) in [6.45, 7) is 10.2. The molecule has 0 aromatic rings. The van der Waals surface area contributed by atoms with Gasteiger partial charge in [0.05, 0.1) is 6.10 Å². The van der Waals surface area contributed by atoms with E-state index in [0.29, 0.717) is 12.1 Å². The van der Waals surface area contributed by atoms with Crippen LogP contribution >= 0.6 is 0 Å². The summed E-state index contributed by atoms with van der Waals surface area (Å²) in [6, 6.07) is 0.559.